The number of hydrogen-bond donors (Lipinski definition) is 4. The predicted molar refractivity (Wildman–Crippen MR) is 101 cm³/mol. The van der Waals surface area contributed by atoms with Crippen molar-refractivity contribution in [3.63, 3.8) is 0 Å². The molecule has 1 rings (SSSR count). The van der Waals surface area contributed by atoms with Gasteiger partial charge in [-0.15, -0.1) is 0 Å². The number of nitrogens with two attached hydrogens (primary N) is 3. The molecule has 0 bridgehead atoms. The van der Waals surface area contributed by atoms with Gasteiger partial charge in [0.15, 0.2) is 0 Å². The fourth-order valence-electron chi connectivity index (χ4n) is 1.56. The molecule has 7 N–H and O–H groups in total. The van der Waals surface area contributed by atoms with E-state index in [2.05, 4.69) is 21.8 Å². The smallest absolute Gasteiger partial charge is 0.221 e. The monoisotopic (exact) mass is 401 g/mol. The number of amides is 1. The Morgan fingerprint density at radius 3 is 2.48 bits per heavy atom. The van der Waals surface area contributed by atoms with Gasteiger partial charge in [0, 0.05) is 17.1 Å². The molecule has 126 valence electrons. The van der Waals surface area contributed by atoms with Crippen LogP contribution in [0.2, 0.25) is 0 Å². The molecule has 0 radical (unpaired) electrons. The Hall–Kier alpha value is -1.80. The van der Waals surface area contributed by atoms with Crippen LogP contribution in [-0.2, 0) is 4.79 Å². The molecule has 1 aromatic carbocycles. The lowest BCUT2D eigenvalue weighted by Crippen LogP contribution is -2.25. The van der Waals surface area contributed by atoms with Gasteiger partial charge >= 0.3 is 0 Å². The number of carbonyl (C=O) groups excluding carboxylic acids is 1. The number of anilines is 1. The Balaban J connectivity index is 0.00000108. The van der Waals surface area contributed by atoms with Gasteiger partial charge in [0.25, 0.3) is 0 Å². The lowest BCUT2D eigenvalue weighted by atomic mass is 10.1. The second-order valence-electron chi connectivity index (χ2n) is 4.22. The molecule has 6 nitrogen and oxygen atoms in total. The number of allylic oxidation sites excluding steroid dienone is 4. The first-order valence-electron chi connectivity index (χ1n) is 6.51. The van der Waals surface area contributed by atoms with Gasteiger partial charge in [0.1, 0.15) is 0 Å². The zero-order valence-electron chi connectivity index (χ0n) is 13.0. The van der Waals surface area contributed by atoms with Gasteiger partial charge < -0.3 is 10.7 Å². The van der Waals surface area contributed by atoms with Gasteiger partial charge in [-0.05, 0) is 30.7 Å². The van der Waals surface area contributed by atoms with Crippen molar-refractivity contribution in [3.05, 3.63) is 57.2 Å². The maximum Gasteiger partial charge on any atom is 0.221 e. The van der Waals surface area contributed by atoms with Crippen LogP contribution in [0.25, 0.3) is 6.08 Å². The topological polar surface area (TPSA) is 110 Å². The second-order valence-corrected chi connectivity index (χ2v) is 5.51. The third-order valence-electron chi connectivity index (χ3n) is 2.56. The highest BCUT2D eigenvalue weighted by Gasteiger charge is 2.05. The van der Waals surface area contributed by atoms with Gasteiger partial charge in [-0.25, -0.2) is 11.7 Å². The molecule has 23 heavy (non-hydrogen) atoms. The Bertz CT molecular complexity index is 596. The maximum atomic E-state index is 8.94. The number of nitrogens with one attached hydrogen (secondary N) is 1. The summed E-state index contributed by atoms with van der Waals surface area (Å²) in [5.74, 6) is 10.2. The molecule has 0 aliphatic heterocycles. The van der Waals surface area contributed by atoms with Crippen molar-refractivity contribution < 1.29 is 4.79 Å². The van der Waals surface area contributed by atoms with Crippen LogP contribution < -0.4 is 27.9 Å². The molecular formula is C15H21BrClN5O. The van der Waals surface area contributed by atoms with Gasteiger partial charge in [-0.1, -0.05) is 51.8 Å². The summed E-state index contributed by atoms with van der Waals surface area (Å²) < 4.78 is 0.969. The van der Waals surface area contributed by atoms with Gasteiger partial charge in [-0.3, -0.25) is 10.2 Å². The quantitative estimate of drug-likeness (QED) is 0.151. The summed E-state index contributed by atoms with van der Waals surface area (Å²) in [6, 6.07) is 5.85. The Kier molecular flexibility index (Phi) is 10.8. The van der Waals surface area contributed by atoms with Crippen molar-refractivity contribution in [3.8, 4) is 0 Å². The van der Waals surface area contributed by atoms with E-state index < -0.39 is 0 Å². The average molecular weight is 403 g/mol. The molecule has 0 heterocycles. The highest BCUT2D eigenvalue weighted by Crippen LogP contribution is 2.28. The van der Waals surface area contributed by atoms with E-state index in [0.29, 0.717) is 6.41 Å². The molecule has 0 atom stereocenters. The van der Waals surface area contributed by atoms with Crippen LogP contribution in [-0.4, -0.2) is 13.5 Å². The fraction of sp³-hybridized carbons (Fsp3) is 0.133. The highest BCUT2D eigenvalue weighted by atomic mass is 79.9. The molecule has 0 aromatic heterocycles. The van der Waals surface area contributed by atoms with Crippen molar-refractivity contribution >= 4 is 45.7 Å². The SMILES string of the molecule is C/C=C(\C=C\c1c(Br)cccc1N(C)N)/C=C(\N)Cl.NNC=O. The summed E-state index contributed by atoms with van der Waals surface area (Å²) in [6.45, 7) is 1.92. The van der Waals surface area contributed by atoms with Crippen molar-refractivity contribution in [2.45, 2.75) is 6.92 Å². The van der Waals surface area contributed by atoms with Crippen LogP contribution in [0.15, 0.2) is 51.6 Å². The zero-order chi connectivity index (χ0) is 17.8. The van der Waals surface area contributed by atoms with Gasteiger partial charge in [0.05, 0.1) is 10.8 Å². The third-order valence-corrected chi connectivity index (χ3v) is 3.36. The van der Waals surface area contributed by atoms with Gasteiger partial charge in [-0.2, -0.15) is 0 Å². The van der Waals surface area contributed by atoms with E-state index in [1.807, 2.05) is 43.4 Å². The van der Waals surface area contributed by atoms with Crippen LogP contribution in [0.3, 0.4) is 0 Å². The minimum absolute atomic E-state index is 0.251. The van der Waals surface area contributed by atoms with Gasteiger partial charge in [0.2, 0.25) is 6.41 Å². The number of hydrazine groups is 2. The van der Waals surface area contributed by atoms with E-state index in [9.17, 15) is 0 Å². The van der Waals surface area contributed by atoms with E-state index in [1.165, 1.54) is 0 Å². The number of halogens is 2. The van der Waals surface area contributed by atoms with Crippen LogP contribution >= 0.6 is 27.5 Å². The standard InChI is InChI=1S/C14H17BrClN3.CH4N2O/c1-3-10(9-14(16)17)7-8-11-12(15)5-4-6-13(11)19(2)18;2-3-1-4/h3-9H,17-18H2,1-2H3;1H,2H2,(H,3,4)/b8-7+,10-3+,14-9-;. The van der Waals surface area contributed by atoms with E-state index in [0.717, 1.165) is 21.3 Å². The molecule has 8 heteroatoms. The van der Waals surface area contributed by atoms with Crippen molar-refractivity contribution in [1.82, 2.24) is 5.43 Å². The van der Waals surface area contributed by atoms with Crippen molar-refractivity contribution in [2.75, 3.05) is 12.1 Å². The number of rotatable bonds is 5. The molecule has 0 unspecified atom stereocenters. The first-order valence-corrected chi connectivity index (χ1v) is 7.68. The molecule has 1 aromatic rings. The summed E-state index contributed by atoms with van der Waals surface area (Å²) in [7, 11) is 1.80. The first-order chi connectivity index (χ1) is 10.9. The summed E-state index contributed by atoms with van der Waals surface area (Å²) in [4.78, 5) is 8.94. The Labute approximate surface area is 149 Å². The molecule has 1 amide bonds. The number of benzene rings is 1. The summed E-state index contributed by atoms with van der Waals surface area (Å²) >= 11 is 9.19. The minimum Gasteiger partial charge on any atom is -0.389 e. The molecule has 0 spiro atoms. The Morgan fingerprint density at radius 1 is 1.43 bits per heavy atom. The molecule has 0 saturated heterocycles. The summed E-state index contributed by atoms with van der Waals surface area (Å²) in [5.41, 5.74) is 10.0. The Morgan fingerprint density at radius 2 is 2.04 bits per heavy atom. The molecule has 0 fully saturated rings. The van der Waals surface area contributed by atoms with E-state index in [-0.39, 0.29) is 5.16 Å². The summed E-state index contributed by atoms with van der Waals surface area (Å²) in [5, 5.41) is 1.83. The summed E-state index contributed by atoms with van der Waals surface area (Å²) in [6.07, 6.45) is 7.92. The van der Waals surface area contributed by atoms with Crippen LogP contribution in [0.1, 0.15) is 12.5 Å². The van der Waals surface area contributed by atoms with Crippen LogP contribution in [0.5, 0.6) is 0 Å². The molecule has 0 saturated carbocycles. The molecule has 0 aliphatic rings. The number of nitrogens with zero attached hydrogens (tertiary/aromatic N) is 1. The molecular weight excluding hydrogens is 382 g/mol. The average Bonchev–Trinajstić information content (AvgIpc) is 2.51. The predicted octanol–water partition coefficient (Wildman–Crippen LogP) is 2.36. The normalized spacial score (nSPS) is 11.7. The lowest BCUT2D eigenvalue weighted by Gasteiger charge is -2.16. The van der Waals surface area contributed by atoms with E-state index in [4.69, 9.17) is 28.0 Å². The lowest BCUT2D eigenvalue weighted by molar-refractivity contribution is -0.109. The maximum absolute atomic E-state index is 8.94. The first kappa shape index (κ1) is 21.2. The zero-order valence-corrected chi connectivity index (χ0v) is 15.3. The van der Waals surface area contributed by atoms with Crippen molar-refractivity contribution in [1.29, 1.82) is 0 Å². The fourth-order valence-corrected chi connectivity index (χ4v) is 2.18. The highest BCUT2D eigenvalue weighted by molar-refractivity contribution is 9.10. The van der Waals surface area contributed by atoms with Crippen LogP contribution in [0, 0.1) is 0 Å². The number of carbonyl (C=O) groups is 1. The number of hydrogen-bond acceptors (Lipinski definition) is 5. The van der Waals surface area contributed by atoms with Crippen molar-refractivity contribution in [2.24, 2.45) is 17.4 Å². The minimum atomic E-state index is 0.251. The third kappa shape index (κ3) is 8.41. The molecule has 0 aliphatic carbocycles. The van der Waals surface area contributed by atoms with E-state index >= 15 is 0 Å². The van der Waals surface area contributed by atoms with Crippen LogP contribution in [0.4, 0.5) is 5.69 Å². The van der Waals surface area contributed by atoms with E-state index in [1.54, 1.807) is 23.6 Å². The largest absolute Gasteiger partial charge is 0.389 e. The second kappa shape index (κ2) is 11.7.